The van der Waals surface area contributed by atoms with E-state index in [-0.39, 0.29) is 5.91 Å². The highest BCUT2D eigenvalue weighted by Gasteiger charge is 2.23. The lowest BCUT2D eigenvalue weighted by Gasteiger charge is -2.32. The smallest absolute Gasteiger partial charge is 0.409 e. The molecule has 1 amide bonds. The Morgan fingerprint density at radius 1 is 1.12 bits per heavy atom. The fourth-order valence-corrected chi connectivity index (χ4v) is 4.45. The molecule has 0 atom stereocenters. The molecule has 0 spiro atoms. The van der Waals surface area contributed by atoms with Crippen molar-refractivity contribution in [3.8, 4) is 5.75 Å². The number of fused-ring (bicyclic) bond motifs is 2. The van der Waals surface area contributed by atoms with E-state index in [9.17, 15) is 9.82 Å². The van der Waals surface area contributed by atoms with Gasteiger partial charge in [0.15, 0.2) is 0 Å². The van der Waals surface area contributed by atoms with Crippen LogP contribution in [0, 0.1) is 0 Å². The van der Waals surface area contributed by atoms with Gasteiger partial charge >= 0.3 is 7.05 Å². The van der Waals surface area contributed by atoms with Crippen molar-refractivity contribution in [3.63, 3.8) is 0 Å². The molecule has 0 saturated heterocycles. The van der Waals surface area contributed by atoms with Gasteiger partial charge < -0.3 is 19.9 Å². The molecule has 1 aliphatic heterocycles. The number of carbonyl (C=O) groups excluding carboxylic acids is 1. The highest BCUT2D eigenvalue weighted by atomic mass is 16.5. The maximum Gasteiger partial charge on any atom is 0.409 e. The lowest BCUT2D eigenvalue weighted by atomic mass is 9.81. The lowest BCUT2D eigenvalue weighted by molar-refractivity contribution is 0.102. The summed E-state index contributed by atoms with van der Waals surface area (Å²) in [5.74, 6) is 0.405. The maximum atomic E-state index is 13.0. The summed E-state index contributed by atoms with van der Waals surface area (Å²) in [5.41, 5.74) is 4.36. The molecule has 2 heterocycles. The van der Waals surface area contributed by atoms with Crippen molar-refractivity contribution in [2.75, 3.05) is 16.7 Å². The van der Waals surface area contributed by atoms with E-state index in [0.717, 1.165) is 41.4 Å². The van der Waals surface area contributed by atoms with E-state index >= 15 is 0 Å². The molecule has 0 aliphatic carbocycles. The van der Waals surface area contributed by atoms with Gasteiger partial charge in [-0.3, -0.25) is 9.78 Å². The molecule has 0 saturated carbocycles. The third-order valence-corrected chi connectivity index (χ3v) is 6.19. The summed E-state index contributed by atoms with van der Waals surface area (Å²) in [7, 11) is -0.573. The lowest BCUT2D eigenvalue weighted by Crippen LogP contribution is -2.40. The number of aryl methyl sites for hydroxylation is 1. The Morgan fingerprint density at radius 2 is 2.00 bits per heavy atom. The summed E-state index contributed by atoms with van der Waals surface area (Å²) >= 11 is 0. The number of pyridine rings is 1. The van der Waals surface area contributed by atoms with Crippen LogP contribution in [0.15, 0.2) is 79.1 Å². The molecule has 3 aromatic carbocycles. The van der Waals surface area contributed by atoms with Crippen LogP contribution in [0.1, 0.15) is 27.9 Å². The Kier molecular flexibility index (Phi) is 6.19. The Balaban J connectivity index is 1.30. The van der Waals surface area contributed by atoms with Crippen LogP contribution >= 0.6 is 0 Å². The standard InChI is InChI=1S/C27H26BN3O3/c1-28(33)31-13-5-8-19-11-12-23(15-26(19)31)30-27(32)20-7-4-9-24(14-20)34-18-22-17-29-16-21-6-2-3-10-25(21)22/h2-4,6-7,9-12,14-17,33H,5,8,13,18H2,1H3,(H,30,32). The normalized spacial score (nSPS) is 12.8. The first kappa shape index (κ1) is 22.0. The first-order valence-corrected chi connectivity index (χ1v) is 11.5. The van der Waals surface area contributed by atoms with E-state index in [1.165, 1.54) is 5.56 Å². The van der Waals surface area contributed by atoms with Crippen molar-refractivity contribution >= 4 is 35.1 Å². The average Bonchev–Trinajstić information content (AvgIpc) is 2.87. The highest BCUT2D eigenvalue weighted by molar-refractivity contribution is 6.53. The summed E-state index contributed by atoms with van der Waals surface area (Å²) in [4.78, 5) is 19.2. The SMILES string of the molecule is CB(O)N1CCCc2ccc(NC(=O)c3cccc(OCc4cncc5ccccc45)c3)cc21. The van der Waals surface area contributed by atoms with Gasteiger partial charge in [0.25, 0.3) is 5.91 Å². The molecule has 4 aromatic rings. The molecule has 1 aromatic heterocycles. The number of amides is 1. The molecule has 6 nitrogen and oxygen atoms in total. The minimum atomic E-state index is -0.573. The summed E-state index contributed by atoms with van der Waals surface area (Å²) in [6, 6.07) is 21.1. The van der Waals surface area contributed by atoms with Gasteiger partial charge in [-0.15, -0.1) is 0 Å². The second-order valence-corrected chi connectivity index (χ2v) is 8.56. The molecule has 0 unspecified atom stereocenters. The third kappa shape index (κ3) is 4.61. The molecule has 0 radical (unpaired) electrons. The summed E-state index contributed by atoms with van der Waals surface area (Å²) < 4.78 is 6.00. The second-order valence-electron chi connectivity index (χ2n) is 8.56. The van der Waals surface area contributed by atoms with Crippen LogP contribution in [0.4, 0.5) is 11.4 Å². The number of hydrogen-bond donors (Lipinski definition) is 2. The number of rotatable bonds is 6. The van der Waals surface area contributed by atoms with Crippen molar-refractivity contribution in [2.45, 2.75) is 26.3 Å². The first-order chi connectivity index (χ1) is 16.6. The number of ether oxygens (including phenoxy) is 1. The van der Waals surface area contributed by atoms with Crippen LogP contribution < -0.4 is 14.9 Å². The molecule has 0 bridgehead atoms. The fourth-order valence-electron chi connectivity index (χ4n) is 4.45. The van der Waals surface area contributed by atoms with E-state index < -0.39 is 7.05 Å². The highest BCUT2D eigenvalue weighted by Crippen LogP contribution is 2.31. The minimum absolute atomic E-state index is 0.211. The van der Waals surface area contributed by atoms with Gasteiger partial charge in [0, 0.05) is 46.8 Å². The summed E-state index contributed by atoms with van der Waals surface area (Å²) in [5, 5.41) is 15.3. The number of benzene rings is 3. The Morgan fingerprint density at radius 3 is 2.88 bits per heavy atom. The number of nitrogens with one attached hydrogen (secondary N) is 1. The molecule has 1 aliphatic rings. The van der Waals surface area contributed by atoms with Crippen LogP contribution in [0.3, 0.4) is 0 Å². The van der Waals surface area contributed by atoms with Crippen LogP contribution in [0.5, 0.6) is 5.75 Å². The Hall–Kier alpha value is -3.84. The predicted molar refractivity (Wildman–Crippen MR) is 136 cm³/mol. The van der Waals surface area contributed by atoms with E-state index in [1.807, 2.05) is 65.7 Å². The minimum Gasteiger partial charge on any atom is -0.489 e. The molecule has 0 fully saturated rings. The van der Waals surface area contributed by atoms with Gasteiger partial charge in [0.05, 0.1) is 0 Å². The van der Waals surface area contributed by atoms with Gasteiger partial charge in [0.1, 0.15) is 12.4 Å². The molecule has 7 heteroatoms. The number of anilines is 2. The van der Waals surface area contributed by atoms with Gasteiger partial charge in [0.2, 0.25) is 0 Å². The van der Waals surface area contributed by atoms with Crippen LogP contribution in [0.2, 0.25) is 6.82 Å². The number of nitrogens with zero attached hydrogens (tertiary/aromatic N) is 2. The van der Waals surface area contributed by atoms with E-state index in [4.69, 9.17) is 4.74 Å². The molecule has 5 rings (SSSR count). The van der Waals surface area contributed by atoms with Crippen LogP contribution in [0.25, 0.3) is 10.8 Å². The molecular weight excluding hydrogens is 425 g/mol. The molecular formula is C27H26BN3O3. The molecule has 2 N–H and O–H groups in total. The fraction of sp³-hybridized carbons (Fsp3) is 0.185. The topological polar surface area (TPSA) is 74.7 Å². The van der Waals surface area contributed by atoms with E-state index in [0.29, 0.717) is 23.6 Å². The number of carbonyl (C=O) groups is 1. The van der Waals surface area contributed by atoms with Crippen molar-refractivity contribution in [3.05, 3.63) is 95.8 Å². The van der Waals surface area contributed by atoms with Gasteiger partial charge in [-0.2, -0.15) is 0 Å². The van der Waals surface area contributed by atoms with Crippen molar-refractivity contribution in [1.29, 1.82) is 0 Å². The number of aromatic nitrogens is 1. The maximum absolute atomic E-state index is 13.0. The zero-order valence-corrected chi connectivity index (χ0v) is 19.1. The van der Waals surface area contributed by atoms with Crippen LogP contribution in [-0.2, 0) is 13.0 Å². The third-order valence-electron chi connectivity index (χ3n) is 6.19. The quantitative estimate of drug-likeness (QED) is 0.407. The molecule has 170 valence electrons. The predicted octanol–water partition coefficient (Wildman–Crippen LogP) is 4.93. The van der Waals surface area contributed by atoms with Gasteiger partial charge in [-0.05, 0) is 60.9 Å². The second kappa shape index (κ2) is 9.57. The first-order valence-electron chi connectivity index (χ1n) is 11.5. The Bertz CT molecular complexity index is 1340. The van der Waals surface area contributed by atoms with Crippen molar-refractivity contribution in [2.24, 2.45) is 0 Å². The van der Waals surface area contributed by atoms with E-state index in [2.05, 4.69) is 16.4 Å². The van der Waals surface area contributed by atoms with E-state index in [1.54, 1.807) is 19.0 Å². The van der Waals surface area contributed by atoms with Gasteiger partial charge in [-0.1, -0.05) is 36.4 Å². The summed E-state index contributed by atoms with van der Waals surface area (Å²) in [6.45, 7) is 2.92. The summed E-state index contributed by atoms with van der Waals surface area (Å²) in [6.07, 6.45) is 5.63. The average molecular weight is 451 g/mol. The monoisotopic (exact) mass is 451 g/mol. The zero-order chi connectivity index (χ0) is 23.5. The van der Waals surface area contributed by atoms with Gasteiger partial charge in [-0.25, -0.2) is 0 Å². The largest absolute Gasteiger partial charge is 0.489 e. The Labute approximate surface area is 199 Å². The van der Waals surface area contributed by atoms with Crippen molar-refractivity contribution in [1.82, 2.24) is 4.98 Å². The number of hydrogen-bond acceptors (Lipinski definition) is 5. The van der Waals surface area contributed by atoms with Crippen molar-refractivity contribution < 1.29 is 14.6 Å². The van der Waals surface area contributed by atoms with Crippen LogP contribution in [-0.4, -0.2) is 29.5 Å². The zero-order valence-electron chi connectivity index (χ0n) is 19.1. The molecule has 34 heavy (non-hydrogen) atoms.